The number of primary sulfonamides is 1. The Kier molecular flexibility index (Phi) is 6.78. The van der Waals surface area contributed by atoms with Gasteiger partial charge in [0.2, 0.25) is 10.0 Å². The maximum Gasteiger partial charge on any atom is 0.255 e. The smallest absolute Gasteiger partial charge is 0.255 e. The first-order valence-corrected chi connectivity index (χ1v) is 10.7. The van der Waals surface area contributed by atoms with Crippen molar-refractivity contribution in [3.05, 3.63) is 77.9 Å². The van der Waals surface area contributed by atoms with Crippen molar-refractivity contribution in [2.75, 3.05) is 19.5 Å². The molecule has 0 aliphatic heterocycles. The fourth-order valence-electron chi connectivity index (χ4n) is 2.86. The standard InChI is InChI=1S/C22H22N2O6S/c1-28-19-12-7-15(13-16(19)14-30-21-6-4-3-5-20(21)29-2)22(25)24-17-8-10-18(11-9-17)31(23,26)27/h3-13H,14H2,1-2H3,(H,24,25)(H2,23,26,27). The molecule has 0 bridgehead atoms. The number of nitrogens with one attached hydrogen (secondary N) is 1. The van der Waals surface area contributed by atoms with Crippen molar-refractivity contribution in [2.24, 2.45) is 5.14 Å². The summed E-state index contributed by atoms with van der Waals surface area (Å²) in [6, 6.07) is 17.8. The van der Waals surface area contributed by atoms with Crippen molar-refractivity contribution in [3.63, 3.8) is 0 Å². The molecule has 0 spiro atoms. The molecule has 0 fully saturated rings. The average molecular weight is 442 g/mol. The fraction of sp³-hybridized carbons (Fsp3) is 0.136. The first-order valence-electron chi connectivity index (χ1n) is 9.19. The molecule has 0 aliphatic carbocycles. The number of ether oxygens (including phenoxy) is 3. The van der Waals surface area contributed by atoms with Crippen LogP contribution in [-0.2, 0) is 16.6 Å². The summed E-state index contributed by atoms with van der Waals surface area (Å²) in [6.07, 6.45) is 0. The van der Waals surface area contributed by atoms with E-state index < -0.39 is 10.0 Å². The Labute approximate surface area is 180 Å². The van der Waals surface area contributed by atoms with Crippen LogP contribution in [0.5, 0.6) is 17.2 Å². The maximum atomic E-state index is 12.7. The molecule has 3 aromatic carbocycles. The van der Waals surface area contributed by atoms with Crippen molar-refractivity contribution in [3.8, 4) is 17.2 Å². The number of benzene rings is 3. The highest BCUT2D eigenvalue weighted by Crippen LogP contribution is 2.28. The summed E-state index contributed by atoms with van der Waals surface area (Å²) in [5.74, 6) is 1.36. The molecule has 31 heavy (non-hydrogen) atoms. The lowest BCUT2D eigenvalue weighted by Gasteiger charge is -2.14. The van der Waals surface area contributed by atoms with Gasteiger partial charge in [-0.2, -0.15) is 0 Å². The summed E-state index contributed by atoms with van der Waals surface area (Å²) in [6.45, 7) is 0.160. The van der Waals surface area contributed by atoms with E-state index in [9.17, 15) is 13.2 Å². The highest BCUT2D eigenvalue weighted by atomic mass is 32.2. The number of methoxy groups -OCH3 is 2. The number of rotatable bonds is 8. The second-order valence-electron chi connectivity index (χ2n) is 6.49. The lowest BCUT2D eigenvalue weighted by molar-refractivity contribution is 0.102. The minimum absolute atomic E-state index is 0.0364. The van der Waals surface area contributed by atoms with E-state index in [1.165, 1.54) is 31.4 Å². The van der Waals surface area contributed by atoms with E-state index in [0.29, 0.717) is 34.1 Å². The molecule has 0 unspecified atom stereocenters. The molecule has 0 radical (unpaired) electrons. The Morgan fingerprint density at radius 3 is 2.16 bits per heavy atom. The minimum Gasteiger partial charge on any atom is -0.496 e. The normalized spacial score (nSPS) is 10.9. The molecule has 8 nitrogen and oxygen atoms in total. The Morgan fingerprint density at radius 2 is 1.55 bits per heavy atom. The van der Waals surface area contributed by atoms with E-state index in [4.69, 9.17) is 19.3 Å². The molecule has 1 amide bonds. The van der Waals surface area contributed by atoms with E-state index in [0.717, 1.165) is 0 Å². The largest absolute Gasteiger partial charge is 0.496 e. The first kappa shape index (κ1) is 22.1. The number of carbonyl (C=O) groups is 1. The monoisotopic (exact) mass is 442 g/mol. The van der Waals surface area contributed by atoms with Gasteiger partial charge in [-0.3, -0.25) is 4.79 Å². The van der Waals surface area contributed by atoms with Crippen LogP contribution in [0.15, 0.2) is 71.6 Å². The lowest BCUT2D eigenvalue weighted by atomic mass is 10.1. The number of nitrogens with two attached hydrogens (primary N) is 1. The van der Waals surface area contributed by atoms with Gasteiger partial charge in [0.25, 0.3) is 5.91 Å². The lowest BCUT2D eigenvalue weighted by Crippen LogP contribution is -2.14. The quantitative estimate of drug-likeness (QED) is 0.553. The van der Waals surface area contributed by atoms with Crippen LogP contribution in [0.4, 0.5) is 5.69 Å². The number of amides is 1. The molecule has 0 saturated carbocycles. The summed E-state index contributed by atoms with van der Waals surface area (Å²) in [5.41, 5.74) is 1.49. The molecule has 3 aromatic rings. The predicted molar refractivity (Wildman–Crippen MR) is 116 cm³/mol. The van der Waals surface area contributed by atoms with Gasteiger partial charge in [-0.15, -0.1) is 0 Å². The molecule has 9 heteroatoms. The van der Waals surface area contributed by atoms with Crippen molar-refractivity contribution in [1.82, 2.24) is 0 Å². The van der Waals surface area contributed by atoms with Crippen LogP contribution in [0.2, 0.25) is 0 Å². The summed E-state index contributed by atoms with van der Waals surface area (Å²) in [7, 11) is -0.702. The third-order valence-corrected chi connectivity index (χ3v) is 5.36. The molecule has 0 aliphatic rings. The zero-order chi connectivity index (χ0) is 22.4. The van der Waals surface area contributed by atoms with E-state index in [2.05, 4.69) is 5.32 Å². The van der Waals surface area contributed by atoms with Crippen molar-refractivity contribution >= 4 is 21.6 Å². The third-order valence-electron chi connectivity index (χ3n) is 4.44. The van der Waals surface area contributed by atoms with Gasteiger partial charge in [-0.05, 0) is 54.6 Å². The molecular weight excluding hydrogens is 420 g/mol. The number of hydrogen-bond donors (Lipinski definition) is 2. The summed E-state index contributed by atoms with van der Waals surface area (Å²) < 4.78 is 39.2. The van der Waals surface area contributed by atoms with E-state index in [1.54, 1.807) is 37.4 Å². The van der Waals surface area contributed by atoms with Crippen molar-refractivity contribution in [2.45, 2.75) is 11.5 Å². The van der Waals surface area contributed by atoms with Crippen LogP contribution in [-0.4, -0.2) is 28.5 Å². The first-order chi connectivity index (χ1) is 14.8. The number of hydrogen-bond acceptors (Lipinski definition) is 6. The molecule has 0 saturated heterocycles. The summed E-state index contributed by atoms with van der Waals surface area (Å²) in [4.78, 5) is 12.6. The Morgan fingerprint density at radius 1 is 0.903 bits per heavy atom. The zero-order valence-electron chi connectivity index (χ0n) is 17.0. The minimum atomic E-state index is -3.80. The number of anilines is 1. The van der Waals surface area contributed by atoms with Gasteiger partial charge < -0.3 is 19.5 Å². The SMILES string of the molecule is COc1ccc(C(=O)Nc2ccc(S(N)(=O)=O)cc2)cc1COc1ccccc1OC. The predicted octanol–water partition coefficient (Wildman–Crippen LogP) is 3.18. The molecule has 3 rings (SSSR count). The highest BCUT2D eigenvalue weighted by Gasteiger charge is 2.13. The molecular formula is C22H22N2O6S. The Balaban J connectivity index is 1.76. The molecule has 3 N–H and O–H groups in total. The molecule has 162 valence electrons. The van der Waals surface area contributed by atoms with Crippen molar-refractivity contribution < 1.29 is 27.4 Å². The molecule has 0 atom stereocenters. The van der Waals surface area contributed by atoms with Gasteiger partial charge in [0.1, 0.15) is 12.4 Å². The van der Waals surface area contributed by atoms with Gasteiger partial charge in [0, 0.05) is 16.8 Å². The van der Waals surface area contributed by atoms with Gasteiger partial charge in [0.15, 0.2) is 11.5 Å². The van der Waals surface area contributed by atoms with Gasteiger partial charge >= 0.3 is 0 Å². The van der Waals surface area contributed by atoms with E-state index in [1.807, 2.05) is 12.1 Å². The Bertz CT molecular complexity index is 1180. The van der Waals surface area contributed by atoms with E-state index in [-0.39, 0.29) is 17.4 Å². The highest BCUT2D eigenvalue weighted by molar-refractivity contribution is 7.89. The topological polar surface area (TPSA) is 117 Å². The van der Waals surface area contributed by atoms with Crippen LogP contribution in [0.1, 0.15) is 15.9 Å². The van der Waals surface area contributed by atoms with Crippen LogP contribution in [0.25, 0.3) is 0 Å². The maximum absolute atomic E-state index is 12.7. The summed E-state index contributed by atoms with van der Waals surface area (Å²) in [5, 5.41) is 7.80. The van der Waals surface area contributed by atoms with Crippen LogP contribution >= 0.6 is 0 Å². The number of sulfonamides is 1. The second-order valence-corrected chi connectivity index (χ2v) is 8.05. The van der Waals surface area contributed by atoms with Gasteiger partial charge in [0.05, 0.1) is 19.1 Å². The summed E-state index contributed by atoms with van der Waals surface area (Å²) >= 11 is 0. The fourth-order valence-corrected chi connectivity index (χ4v) is 3.37. The van der Waals surface area contributed by atoms with Crippen LogP contribution in [0, 0.1) is 0 Å². The second kappa shape index (κ2) is 9.50. The van der Waals surface area contributed by atoms with Gasteiger partial charge in [-0.1, -0.05) is 12.1 Å². The van der Waals surface area contributed by atoms with Crippen molar-refractivity contribution in [1.29, 1.82) is 0 Å². The number of carbonyl (C=O) groups excluding carboxylic acids is 1. The molecule has 0 aromatic heterocycles. The van der Waals surface area contributed by atoms with Gasteiger partial charge in [-0.25, -0.2) is 13.6 Å². The zero-order valence-corrected chi connectivity index (χ0v) is 17.8. The third kappa shape index (κ3) is 5.53. The average Bonchev–Trinajstić information content (AvgIpc) is 2.77. The molecule has 0 heterocycles. The van der Waals surface area contributed by atoms with Crippen LogP contribution < -0.4 is 24.7 Å². The number of para-hydroxylation sites is 2. The van der Waals surface area contributed by atoms with Crippen LogP contribution in [0.3, 0.4) is 0 Å². The van der Waals surface area contributed by atoms with E-state index >= 15 is 0 Å². The Hall–Kier alpha value is -3.56.